The Bertz CT molecular complexity index is 517. The molecule has 0 saturated carbocycles. The second kappa shape index (κ2) is 5.56. The van der Waals surface area contributed by atoms with E-state index in [1.54, 1.807) is 12.1 Å². The largest absolute Gasteiger partial charge is 0.480 e. The van der Waals surface area contributed by atoms with Crippen molar-refractivity contribution in [3.63, 3.8) is 0 Å². The van der Waals surface area contributed by atoms with E-state index in [2.05, 4.69) is 0 Å². The maximum absolute atomic E-state index is 11.0. The van der Waals surface area contributed by atoms with Crippen LogP contribution in [0.2, 0.25) is 0 Å². The predicted molar refractivity (Wildman–Crippen MR) is 72.4 cm³/mol. The summed E-state index contributed by atoms with van der Waals surface area (Å²) in [5.41, 5.74) is 5.71. The highest BCUT2D eigenvalue weighted by Gasteiger charge is 2.40. The zero-order chi connectivity index (χ0) is 14.8. The van der Waals surface area contributed by atoms with E-state index in [1.165, 1.54) is 12.1 Å². The number of nitrogens with two attached hydrogens (primary N) is 1. The minimum Gasteiger partial charge on any atom is -0.480 e. The minimum absolute atomic E-state index is 0.0711. The first-order valence-corrected chi connectivity index (χ1v) is 6.39. The summed E-state index contributed by atoms with van der Waals surface area (Å²) in [5, 5.41) is 19.6. The van der Waals surface area contributed by atoms with Crippen LogP contribution in [0.3, 0.4) is 0 Å². The van der Waals surface area contributed by atoms with Gasteiger partial charge in [-0.2, -0.15) is 0 Å². The number of rotatable bonds is 5. The van der Waals surface area contributed by atoms with Crippen molar-refractivity contribution in [3.05, 3.63) is 39.9 Å². The van der Waals surface area contributed by atoms with E-state index in [4.69, 9.17) is 10.8 Å². The van der Waals surface area contributed by atoms with Crippen LogP contribution in [0.1, 0.15) is 12.0 Å². The van der Waals surface area contributed by atoms with Gasteiger partial charge in [-0.05, 0) is 18.4 Å². The van der Waals surface area contributed by atoms with Crippen LogP contribution in [0.25, 0.3) is 0 Å². The summed E-state index contributed by atoms with van der Waals surface area (Å²) < 4.78 is 0. The molecule has 1 saturated heterocycles. The van der Waals surface area contributed by atoms with Crippen LogP contribution < -0.4 is 5.73 Å². The van der Waals surface area contributed by atoms with Crippen LogP contribution >= 0.6 is 0 Å². The molecule has 0 bridgehead atoms. The Labute approximate surface area is 116 Å². The minimum atomic E-state index is -1.14. The van der Waals surface area contributed by atoms with E-state index in [-0.39, 0.29) is 5.69 Å². The Balaban J connectivity index is 1.87. The Kier molecular flexibility index (Phi) is 4.01. The van der Waals surface area contributed by atoms with Crippen molar-refractivity contribution in [1.82, 2.24) is 4.90 Å². The second-order valence-corrected chi connectivity index (χ2v) is 5.16. The van der Waals surface area contributed by atoms with Gasteiger partial charge in [0.25, 0.3) is 5.69 Å². The number of hydrogen-bond acceptors (Lipinski definition) is 5. The molecule has 20 heavy (non-hydrogen) atoms. The molecule has 0 radical (unpaired) electrons. The van der Waals surface area contributed by atoms with Gasteiger partial charge in [-0.3, -0.25) is 14.9 Å². The zero-order valence-electron chi connectivity index (χ0n) is 11.0. The monoisotopic (exact) mass is 279 g/mol. The number of carboxylic acids is 1. The smallest absolute Gasteiger partial charge is 0.325 e. The van der Waals surface area contributed by atoms with E-state index < -0.39 is 16.4 Å². The summed E-state index contributed by atoms with van der Waals surface area (Å²) in [6, 6.07) is 6.40. The van der Waals surface area contributed by atoms with Crippen LogP contribution in [0.4, 0.5) is 5.69 Å². The number of aliphatic carboxylic acids is 1. The molecular weight excluding hydrogens is 262 g/mol. The number of non-ortho nitro benzene ring substituents is 1. The summed E-state index contributed by atoms with van der Waals surface area (Å²) >= 11 is 0. The molecule has 3 N–H and O–H groups in total. The third kappa shape index (κ3) is 3.12. The fraction of sp³-hybridized carbons (Fsp3) is 0.462. The lowest BCUT2D eigenvalue weighted by Gasteiger charge is -2.19. The van der Waals surface area contributed by atoms with Crippen molar-refractivity contribution < 1.29 is 14.8 Å². The van der Waals surface area contributed by atoms with Gasteiger partial charge in [-0.15, -0.1) is 0 Å². The van der Waals surface area contributed by atoms with Gasteiger partial charge in [0.05, 0.1) is 4.92 Å². The van der Waals surface area contributed by atoms with Gasteiger partial charge < -0.3 is 15.7 Å². The molecule has 1 unspecified atom stereocenters. The average molecular weight is 279 g/mol. The molecule has 0 spiro atoms. The van der Waals surface area contributed by atoms with Gasteiger partial charge in [-0.1, -0.05) is 12.1 Å². The van der Waals surface area contributed by atoms with Gasteiger partial charge >= 0.3 is 5.97 Å². The SMILES string of the molecule is NC1(C(=O)O)CCN(CCc2ccc([N+](=O)[O-])cc2)C1. The van der Waals surface area contributed by atoms with Crippen LogP contribution in [-0.2, 0) is 11.2 Å². The number of benzene rings is 1. The van der Waals surface area contributed by atoms with Crippen LogP contribution in [0.5, 0.6) is 0 Å². The highest BCUT2D eigenvalue weighted by atomic mass is 16.6. The number of nitro groups is 1. The number of hydrogen-bond donors (Lipinski definition) is 2. The fourth-order valence-corrected chi connectivity index (χ4v) is 2.35. The molecule has 0 aliphatic carbocycles. The molecule has 1 atom stereocenters. The lowest BCUT2D eigenvalue weighted by molar-refractivity contribution is -0.384. The molecular formula is C13H17N3O4. The summed E-state index contributed by atoms with van der Waals surface area (Å²) in [6.07, 6.45) is 1.16. The standard InChI is InChI=1S/C13H17N3O4/c14-13(12(17)18)6-8-15(9-13)7-5-10-1-3-11(4-2-10)16(19)20/h1-4H,5-9,14H2,(H,17,18). The molecule has 1 fully saturated rings. The fourth-order valence-electron chi connectivity index (χ4n) is 2.35. The topological polar surface area (TPSA) is 110 Å². The maximum Gasteiger partial charge on any atom is 0.325 e. The lowest BCUT2D eigenvalue weighted by atomic mass is 10.0. The summed E-state index contributed by atoms with van der Waals surface area (Å²) in [7, 11) is 0. The van der Waals surface area contributed by atoms with Crippen LogP contribution in [0.15, 0.2) is 24.3 Å². The number of likely N-dealkylation sites (tertiary alicyclic amines) is 1. The molecule has 1 heterocycles. The summed E-state index contributed by atoms with van der Waals surface area (Å²) in [6.45, 7) is 1.70. The summed E-state index contributed by atoms with van der Waals surface area (Å²) in [5.74, 6) is -0.963. The number of nitrogens with zero attached hydrogens (tertiary/aromatic N) is 2. The Morgan fingerprint density at radius 3 is 2.60 bits per heavy atom. The van der Waals surface area contributed by atoms with Gasteiger partial charge in [0.2, 0.25) is 0 Å². The molecule has 108 valence electrons. The third-order valence-corrected chi connectivity index (χ3v) is 3.67. The highest BCUT2D eigenvalue weighted by Crippen LogP contribution is 2.19. The van der Waals surface area contributed by atoms with E-state index in [9.17, 15) is 14.9 Å². The summed E-state index contributed by atoms with van der Waals surface area (Å²) in [4.78, 5) is 23.2. The molecule has 1 aliphatic rings. The second-order valence-electron chi connectivity index (χ2n) is 5.16. The van der Waals surface area contributed by atoms with E-state index in [0.717, 1.165) is 5.56 Å². The first kappa shape index (κ1) is 14.4. The van der Waals surface area contributed by atoms with Crippen molar-refractivity contribution in [1.29, 1.82) is 0 Å². The van der Waals surface area contributed by atoms with Gasteiger partial charge in [0.15, 0.2) is 0 Å². The first-order valence-electron chi connectivity index (χ1n) is 6.39. The third-order valence-electron chi connectivity index (χ3n) is 3.67. The Hall–Kier alpha value is -1.99. The van der Waals surface area contributed by atoms with Crippen molar-refractivity contribution >= 4 is 11.7 Å². The molecule has 1 aromatic rings. The van der Waals surface area contributed by atoms with Gasteiger partial charge in [-0.25, -0.2) is 0 Å². The lowest BCUT2D eigenvalue weighted by Crippen LogP contribution is -2.50. The predicted octanol–water partition coefficient (Wildman–Crippen LogP) is 0.625. The zero-order valence-corrected chi connectivity index (χ0v) is 11.0. The maximum atomic E-state index is 11.0. The first-order chi connectivity index (χ1) is 9.40. The highest BCUT2D eigenvalue weighted by molar-refractivity contribution is 5.79. The quantitative estimate of drug-likeness (QED) is 0.604. The Morgan fingerprint density at radius 2 is 2.10 bits per heavy atom. The Morgan fingerprint density at radius 1 is 1.45 bits per heavy atom. The molecule has 0 aromatic heterocycles. The van der Waals surface area contributed by atoms with Crippen LogP contribution in [0, 0.1) is 10.1 Å². The van der Waals surface area contributed by atoms with E-state index in [1.807, 2.05) is 4.90 Å². The molecule has 7 heteroatoms. The number of nitro benzene ring substituents is 1. The van der Waals surface area contributed by atoms with Crippen LogP contribution in [-0.4, -0.2) is 46.1 Å². The number of carboxylic acid groups (broad SMARTS) is 1. The number of carbonyl (C=O) groups is 1. The molecule has 1 aromatic carbocycles. The van der Waals surface area contributed by atoms with E-state index >= 15 is 0 Å². The molecule has 7 nitrogen and oxygen atoms in total. The van der Waals surface area contributed by atoms with Gasteiger partial charge in [0, 0.05) is 31.8 Å². The normalized spacial score (nSPS) is 22.9. The molecule has 2 rings (SSSR count). The average Bonchev–Trinajstić information content (AvgIpc) is 2.80. The van der Waals surface area contributed by atoms with Gasteiger partial charge in [0.1, 0.15) is 5.54 Å². The molecule has 0 amide bonds. The van der Waals surface area contributed by atoms with Crippen molar-refractivity contribution in [3.8, 4) is 0 Å². The van der Waals surface area contributed by atoms with Crippen molar-refractivity contribution in [2.24, 2.45) is 5.73 Å². The van der Waals surface area contributed by atoms with Crippen molar-refractivity contribution in [2.75, 3.05) is 19.6 Å². The molecule has 1 aliphatic heterocycles. The van der Waals surface area contributed by atoms with Crippen molar-refractivity contribution in [2.45, 2.75) is 18.4 Å². The van der Waals surface area contributed by atoms with E-state index in [0.29, 0.717) is 32.5 Å².